The van der Waals surface area contributed by atoms with Crippen LogP contribution in [0.4, 0.5) is 9.59 Å². The number of hydrogen-bond acceptors (Lipinski definition) is 10. The highest BCUT2D eigenvalue weighted by Gasteiger charge is 2.18. The number of carbonyl (C=O) groups is 2. The van der Waals surface area contributed by atoms with Crippen molar-refractivity contribution in [1.82, 2.24) is 11.0 Å². The van der Waals surface area contributed by atoms with Crippen molar-refractivity contribution in [1.29, 1.82) is 0 Å². The standard InChI is InChI=1S/C20H24N2O10S2/c1-15-5-9-17(10-6-15)33(25,26)31-21-19(23)29-13-3-4-14-30-20(24)22-32-34(27,28)18-11-7-16(2)8-12-18/h5-12H,3-4,13-14H2,1-2H3,(H,21,23)(H,22,24). The number of benzene rings is 2. The van der Waals surface area contributed by atoms with Gasteiger partial charge >= 0.3 is 32.4 Å². The topological polar surface area (TPSA) is 163 Å². The summed E-state index contributed by atoms with van der Waals surface area (Å²) in [6.07, 6.45) is -1.73. The molecule has 2 amide bonds. The first-order valence-corrected chi connectivity index (χ1v) is 12.7. The predicted molar refractivity (Wildman–Crippen MR) is 117 cm³/mol. The zero-order chi connectivity index (χ0) is 25.2. The molecule has 0 radical (unpaired) electrons. The van der Waals surface area contributed by atoms with Crippen LogP contribution in [-0.4, -0.2) is 42.2 Å². The second kappa shape index (κ2) is 12.3. The number of aryl methyl sites for hydroxylation is 2. The molecule has 0 spiro atoms. The summed E-state index contributed by atoms with van der Waals surface area (Å²) in [6, 6.07) is 11.6. The van der Waals surface area contributed by atoms with E-state index in [1.807, 2.05) is 0 Å². The van der Waals surface area contributed by atoms with Gasteiger partial charge in [-0.05, 0) is 51.0 Å². The van der Waals surface area contributed by atoms with Gasteiger partial charge in [-0.2, -0.15) is 27.8 Å². The molecule has 12 nitrogen and oxygen atoms in total. The van der Waals surface area contributed by atoms with E-state index in [-0.39, 0.29) is 35.8 Å². The Morgan fingerprint density at radius 1 is 0.647 bits per heavy atom. The Bertz CT molecular complexity index is 1080. The maximum Gasteiger partial charge on any atom is 0.432 e. The summed E-state index contributed by atoms with van der Waals surface area (Å²) in [6.45, 7) is 3.33. The molecular weight excluding hydrogens is 492 g/mol. The average Bonchev–Trinajstić information content (AvgIpc) is 2.79. The van der Waals surface area contributed by atoms with E-state index in [1.54, 1.807) is 49.1 Å². The summed E-state index contributed by atoms with van der Waals surface area (Å²) in [5, 5.41) is 0. The fraction of sp³-hybridized carbons (Fsp3) is 0.300. The third-order valence-corrected chi connectivity index (χ3v) is 6.40. The smallest absolute Gasteiger partial charge is 0.432 e. The Kier molecular flexibility index (Phi) is 9.80. The van der Waals surface area contributed by atoms with Crippen molar-refractivity contribution < 1.29 is 44.5 Å². The van der Waals surface area contributed by atoms with E-state index in [1.165, 1.54) is 24.3 Å². The minimum absolute atomic E-state index is 0.122. The first-order valence-electron chi connectivity index (χ1n) is 9.85. The zero-order valence-corrected chi connectivity index (χ0v) is 20.0. The number of amides is 2. The van der Waals surface area contributed by atoms with Crippen molar-refractivity contribution in [3.8, 4) is 0 Å². The lowest BCUT2D eigenvalue weighted by Gasteiger charge is -2.09. The molecule has 2 N–H and O–H groups in total. The quantitative estimate of drug-likeness (QED) is 0.335. The SMILES string of the molecule is Cc1ccc(S(=O)(=O)ONC(=O)OCCCCOC(=O)NOS(=O)(=O)c2ccc(C)cc2)cc1. The summed E-state index contributed by atoms with van der Waals surface area (Å²) < 4.78 is 66.1. The molecule has 0 atom stereocenters. The second-order valence-corrected chi connectivity index (χ2v) is 9.98. The van der Waals surface area contributed by atoms with E-state index < -0.39 is 32.4 Å². The van der Waals surface area contributed by atoms with Crippen LogP contribution in [0.3, 0.4) is 0 Å². The molecule has 0 saturated carbocycles. The van der Waals surface area contributed by atoms with Crippen molar-refractivity contribution in [2.45, 2.75) is 36.5 Å². The first kappa shape index (κ1) is 27.0. The van der Waals surface area contributed by atoms with Crippen LogP contribution in [0, 0.1) is 13.8 Å². The van der Waals surface area contributed by atoms with Crippen LogP contribution in [0.2, 0.25) is 0 Å². The first-order chi connectivity index (χ1) is 16.0. The Hall–Kier alpha value is -3.20. The monoisotopic (exact) mass is 516 g/mol. The van der Waals surface area contributed by atoms with Gasteiger partial charge in [-0.25, -0.2) is 9.59 Å². The third-order valence-electron chi connectivity index (χ3n) is 4.09. The maximum atomic E-state index is 11.9. The Labute approximate surface area is 197 Å². The molecule has 0 aromatic heterocycles. The number of nitrogens with one attached hydrogen (secondary N) is 2. The van der Waals surface area contributed by atoms with Crippen LogP contribution in [-0.2, 0) is 38.3 Å². The number of carbonyl (C=O) groups excluding carboxylic acids is 2. The fourth-order valence-corrected chi connectivity index (χ4v) is 3.76. The highest BCUT2D eigenvalue weighted by Crippen LogP contribution is 2.13. The molecule has 0 unspecified atom stereocenters. The van der Waals surface area contributed by atoms with Gasteiger partial charge in [-0.1, -0.05) is 35.4 Å². The summed E-state index contributed by atoms with van der Waals surface area (Å²) in [5.74, 6) is 0. The molecule has 0 fully saturated rings. The summed E-state index contributed by atoms with van der Waals surface area (Å²) in [4.78, 5) is 22.8. The van der Waals surface area contributed by atoms with Crippen molar-refractivity contribution in [2.24, 2.45) is 0 Å². The molecule has 0 bridgehead atoms. The molecular formula is C20H24N2O10S2. The van der Waals surface area contributed by atoms with Crippen LogP contribution in [0.15, 0.2) is 58.3 Å². The van der Waals surface area contributed by atoms with Crippen LogP contribution in [0.5, 0.6) is 0 Å². The lowest BCUT2D eigenvalue weighted by atomic mass is 10.2. The van der Waals surface area contributed by atoms with Gasteiger partial charge in [0.25, 0.3) is 0 Å². The lowest BCUT2D eigenvalue weighted by molar-refractivity contribution is 0.0900. The molecule has 186 valence electrons. The molecule has 14 heteroatoms. The Morgan fingerprint density at radius 2 is 0.971 bits per heavy atom. The van der Waals surface area contributed by atoms with Gasteiger partial charge in [0.2, 0.25) is 0 Å². The van der Waals surface area contributed by atoms with Crippen LogP contribution < -0.4 is 11.0 Å². The second-order valence-electron chi connectivity index (χ2n) is 6.88. The minimum Gasteiger partial charge on any atom is -0.448 e. The van der Waals surface area contributed by atoms with Crippen molar-refractivity contribution >= 4 is 32.4 Å². The van der Waals surface area contributed by atoms with Gasteiger partial charge in [0.15, 0.2) is 0 Å². The van der Waals surface area contributed by atoms with E-state index >= 15 is 0 Å². The fourth-order valence-electron chi connectivity index (χ4n) is 2.28. The molecule has 2 aromatic rings. The van der Waals surface area contributed by atoms with Gasteiger partial charge in [0, 0.05) is 0 Å². The molecule has 2 aromatic carbocycles. The average molecular weight is 517 g/mol. The van der Waals surface area contributed by atoms with Crippen molar-refractivity contribution in [2.75, 3.05) is 13.2 Å². The highest BCUT2D eigenvalue weighted by molar-refractivity contribution is 7.87. The Morgan fingerprint density at radius 3 is 1.29 bits per heavy atom. The van der Waals surface area contributed by atoms with Gasteiger partial charge in [-0.3, -0.25) is 0 Å². The van der Waals surface area contributed by atoms with E-state index in [9.17, 15) is 26.4 Å². The number of ether oxygens (including phenoxy) is 2. The van der Waals surface area contributed by atoms with Crippen LogP contribution >= 0.6 is 0 Å². The normalized spacial score (nSPS) is 11.5. The molecule has 0 aliphatic rings. The number of unbranched alkanes of at least 4 members (excludes halogenated alkanes) is 1. The molecule has 0 saturated heterocycles. The summed E-state index contributed by atoms with van der Waals surface area (Å²) >= 11 is 0. The molecule has 0 aliphatic carbocycles. The third kappa shape index (κ3) is 8.97. The summed E-state index contributed by atoms with van der Waals surface area (Å²) in [7, 11) is -8.38. The number of hydroxylamine groups is 2. The van der Waals surface area contributed by atoms with E-state index in [0.29, 0.717) is 0 Å². The highest BCUT2D eigenvalue weighted by atomic mass is 32.2. The van der Waals surface area contributed by atoms with Crippen LogP contribution in [0.25, 0.3) is 0 Å². The molecule has 0 aliphatic heterocycles. The van der Waals surface area contributed by atoms with Crippen LogP contribution in [0.1, 0.15) is 24.0 Å². The minimum atomic E-state index is -4.19. The van der Waals surface area contributed by atoms with Gasteiger partial charge in [0.05, 0.1) is 23.0 Å². The van der Waals surface area contributed by atoms with Crippen molar-refractivity contribution in [3.05, 3.63) is 59.7 Å². The van der Waals surface area contributed by atoms with E-state index in [0.717, 1.165) is 11.1 Å². The molecule has 34 heavy (non-hydrogen) atoms. The predicted octanol–water partition coefficient (Wildman–Crippen LogP) is 2.48. The van der Waals surface area contributed by atoms with Gasteiger partial charge in [-0.15, -0.1) is 8.57 Å². The molecule has 2 rings (SSSR count). The lowest BCUT2D eigenvalue weighted by Crippen LogP contribution is -2.29. The maximum absolute atomic E-state index is 11.9. The van der Waals surface area contributed by atoms with E-state index in [2.05, 4.69) is 8.57 Å². The van der Waals surface area contributed by atoms with Gasteiger partial charge < -0.3 is 9.47 Å². The van der Waals surface area contributed by atoms with Crippen molar-refractivity contribution in [3.63, 3.8) is 0 Å². The largest absolute Gasteiger partial charge is 0.448 e. The molecule has 0 heterocycles. The van der Waals surface area contributed by atoms with E-state index in [4.69, 9.17) is 9.47 Å². The Balaban J connectivity index is 1.58. The number of rotatable bonds is 11. The number of hydrogen-bond donors (Lipinski definition) is 2. The summed E-state index contributed by atoms with van der Waals surface area (Å²) in [5.41, 5.74) is 5.06. The zero-order valence-electron chi connectivity index (χ0n) is 18.3. The van der Waals surface area contributed by atoms with Gasteiger partial charge in [0.1, 0.15) is 0 Å².